The number of anilines is 1. The lowest BCUT2D eigenvalue weighted by Gasteiger charge is -2.04. The maximum absolute atomic E-state index is 11.3. The van der Waals surface area contributed by atoms with Gasteiger partial charge in [0.1, 0.15) is 5.69 Å². The largest absolute Gasteiger partial charge is 0.354 e. The van der Waals surface area contributed by atoms with Crippen molar-refractivity contribution in [3.8, 4) is 0 Å². The van der Waals surface area contributed by atoms with Crippen LogP contribution < -0.4 is 10.6 Å². The summed E-state index contributed by atoms with van der Waals surface area (Å²) in [4.78, 5) is 18.3. The average Bonchev–Trinajstić information content (AvgIpc) is 2.52. The summed E-state index contributed by atoms with van der Waals surface area (Å²) in [6.07, 6.45) is 1.52. The maximum Gasteiger partial charge on any atom is 0.269 e. The molecule has 1 aromatic rings. The Labute approximate surface area is 83.3 Å². The average molecular weight is 196 g/mol. The molecule has 1 amide bonds. The summed E-state index contributed by atoms with van der Waals surface area (Å²) < 4.78 is 0. The van der Waals surface area contributed by atoms with Crippen molar-refractivity contribution in [3.05, 3.63) is 11.9 Å². The number of aromatic amines is 1. The number of amides is 1. The van der Waals surface area contributed by atoms with Gasteiger partial charge in [0.15, 0.2) is 0 Å². The summed E-state index contributed by atoms with van der Waals surface area (Å²) in [7, 11) is 0. The molecule has 78 valence electrons. The molecule has 1 heterocycles. The molecule has 0 saturated carbocycles. The number of imidazole rings is 1. The van der Waals surface area contributed by atoms with E-state index >= 15 is 0 Å². The van der Waals surface area contributed by atoms with Crippen LogP contribution in [0.3, 0.4) is 0 Å². The lowest BCUT2D eigenvalue weighted by molar-refractivity contribution is 0.0951. The second-order valence-electron chi connectivity index (χ2n) is 3.30. The van der Waals surface area contributed by atoms with Crippen LogP contribution in [0.1, 0.15) is 31.3 Å². The van der Waals surface area contributed by atoms with Crippen molar-refractivity contribution in [1.29, 1.82) is 0 Å². The molecule has 0 atom stereocenters. The van der Waals surface area contributed by atoms with Crippen molar-refractivity contribution in [2.75, 3.05) is 11.9 Å². The van der Waals surface area contributed by atoms with Crippen LogP contribution in [-0.2, 0) is 0 Å². The predicted molar refractivity (Wildman–Crippen MR) is 55.4 cm³/mol. The van der Waals surface area contributed by atoms with Crippen LogP contribution in [0, 0.1) is 0 Å². The molecule has 0 aliphatic rings. The fourth-order valence-corrected chi connectivity index (χ4v) is 1.04. The minimum atomic E-state index is -0.128. The fourth-order valence-electron chi connectivity index (χ4n) is 1.04. The zero-order valence-electron chi connectivity index (χ0n) is 8.72. The quantitative estimate of drug-likeness (QED) is 0.672. The first-order valence-corrected chi connectivity index (χ1v) is 4.73. The van der Waals surface area contributed by atoms with E-state index in [4.69, 9.17) is 0 Å². The molecule has 0 aliphatic carbocycles. The van der Waals surface area contributed by atoms with Crippen molar-refractivity contribution in [2.45, 2.75) is 26.8 Å². The van der Waals surface area contributed by atoms with Crippen molar-refractivity contribution >= 4 is 11.9 Å². The third kappa shape index (κ3) is 2.76. The van der Waals surface area contributed by atoms with Crippen molar-refractivity contribution in [3.63, 3.8) is 0 Å². The molecule has 1 aromatic heterocycles. The molecule has 0 unspecified atom stereocenters. The van der Waals surface area contributed by atoms with Crippen LogP contribution in [0.15, 0.2) is 6.20 Å². The van der Waals surface area contributed by atoms with Gasteiger partial charge in [-0.15, -0.1) is 0 Å². The van der Waals surface area contributed by atoms with E-state index in [-0.39, 0.29) is 5.91 Å². The van der Waals surface area contributed by atoms with Gasteiger partial charge in [-0.2, -0.15) is 0 Å². The van der Waals surface area contributed by atoms with E-state index in [1.54, 1.807) is 0 Å². The zero-order chi connectivity index (χ0) is 10.6. The summed E-state index contributed by atoms with van der Waals surface area (Å²) in [5, 5.41) is 5.77. The molecule has 5 heteroatoms. The Bertz CT molecular complexity index is 306. The number of aromatic nitrogens is 2. The van der Waals surface area contributed by atoms with Crippen LogP contribution in [0.5, 0.6) is 0 Å². The highest BCUT2D eigenvalue weighted by Crippen LogP contribution is 2.03. The molecule has 0 saturated heterocycles. The Kier molecular flexibility index (Phi) is 3.50. The molecule has 0 spiro atoms. The van der Waals surface area contributed by atoms with E-state index in [0.29, 0.717) is 24.2 Å². The molecule has 1 rings (SSSR count). The van der Waals surface area contributed by atoms with Crippen molar-refractivity contribution in [2.24, 2.45) is 0 Å². The number of hydrogen-bond acceptors (Lipinski definition) is 3. The standard InChI is InChI=1S/C9H16N4O/c1-4-10-8(14)7-5-11-9(13-7)12-6(2)3/h5-6H,4H2,1-3H3,(H,10,14)(H2,11,12,13). The summed E-state index contributed by atoms with van der Waals surface area (Å²) >= 11 is 0. The maximum atomic E-state index is 11.3. The van der Waals surface area contributed by atoms with Crippen LogP contribution in [0.25, 0.3) is 0 Å². The summed E-state index contributed by atoms with van der Waals surface area (Å²) in [6, 6.07) is 0.295. The summed E-state index contributed by atoms with van der Waals surface area (Å²) in [5.41, 5.74) is 0.481. The SMILES string of the molecule is CCNC(=O)c1cnc(NC(C)C)[nH]1. The third-order valence-electron chi connectivity index (χ3n) is 1.58. The van der Waals surface area contributed by atoms with Gasteiger partial charge in [-0.3, -0.25) is 4.79 Å². The molecule has 14 heavy (non-hydrogen) atoms. The lowest BCUT2D eigenvalue weighted by atomic mass is 10.4. The molecular weight excluding hydrogens is 180 g/mol. The molecule has 0 bridgehead atoms. The molecule has 0 fully saturated rings. The smallest absolute Gasteiger partial charge is 0.269 e. The Hall–Kier alpha value is -1.52. The molecule has 5 nitrogen and oxygen atoms in total. The van der Waals surface area contributed by atoms with Crippen LogP contribution >= 0.6 is 0 Å². The van der Waals surface area contributed by atoms with Crippen LogP contribution in [0.4, 0.5) is 5.95 Å². The van der Waals surface area contributed by atoms with Crippen LogP contribution in [0.2, 0.25) is 0 Å². The van der Waals surface area contributed by atoms with Gasteiger partial charge in [0.2, 0.25) is 5.95 Å². The normalized spacial score (nSPS) is 10.3. The Balaban J connectivity index is 2.63. The van der Waals surface area contributed by atoms with E-state index in [2.05, 4.69) is 20.6 Å². The number of hydrogen-bond donors (Lipinski definition) is 3. The fraction of sp³-hybridized carbons (Fsp3) is 0.556. The van der Waals surface area contributed by atoms with E-state index in [9.17, 15) is 4.79 Å². The number of nitrogens with one attached hydrogen (secondary N) is 3. The van der Waals surface area contributed by atoms with E-state index in [1.807, 2.05) is 20.8 Å². The summed E-state index contributed by atoms with van der Waals surface area (Å²) in [5.74, 6) is 0.498. The highest BCUT2D eigenvalue weighted by Gasteiger charge is 2.08. The third-order valence-corrected chi connectivity index (χ3v) is 1.58. The molecule has 0 aliphatic heterocycles. The Morgan fingerprint density at radius 1 is 1.64 bits per heavy atom. The van der Waals surface area contributed by atoms with Gasteiger partial charge in [-0.1, -0.05) is 0 Å². The molecule has 3 N–H and O–H groups in total. The van der Waals surface area contributed by atoms with Gasteiger partial charge in [-0.05, 0) is 20.8 Å². The van der Waals surface area contributed by atoms with E-state index < -0.39 is 0 Å². The number of nitrogens with zero attached hydrogens (tertiary/aromatic N) is 1. The highest BCUT2D eigenvalue weighted by molar-refractivity contribution is 5.92. The van der Waals surface area contributed by atoms with Crippen LogP contribution in [-0.4, -0.2) is 28.5 Å². The van der Waals surface area contributed by atoms with Crippen molar-refractivity contribution in [1.82, 2.24) is 15.3 Å². The molecule has 0 aromatic carbocycles. The minimum absolute atomic E-state index is 0.128. The van der Waals surface area contributed by atoms with E-state index in [1.165, 1.54) is 6.20 Å². The van der Waals surface area contributed by atoms with Gasteiger partial charge < -0.3 is 15.6 Å². The number of rotatable bonds is 4. The van der Waals surface area contributed by atoms with Gasteiger partial charge in [-0.25, -0.2) is 4.98 Å². The minimum Gasteiger partial charge on any atom is -0.354 e. The van der Waals surface area contributed by atoms with Gasteiger partial charge >= 0.3 is 0 Å². The molecular formula is C9H16N4O. The van der Waals surface area contributed by atoms with Crippen molar-refractivity contribution < 1.29 is 4.79 Å². The first-order valence-electron chi connectivity index (χ1n) is 4.73. The monoisotopic (exact) mass is 196 g/mol. The van der Waals surface area contributed by atoms with Gasteiger partial charge in [0.05, 0.1) is 6.20 Å². The second kappa shape index (κ2) is 4.64. The Morgan fingerprint density at radius 3 is 2.93 bits per heavy atom. The zero-order valence-corrected chi connectivity index (χ0v) is 8.72. The number of carbonyl (C=O) groups is 1. The number of H-pyrrole nitrogens is 1. The van der Waals surface area contributed by atoms with Gasteiger partial charge in [0.25, 0.3) is 5.91 Å². The first-order chi connectivity index (χ1) is 6.63. The molecule has 0 radical (unpaired) electrons. The van der Waals surface area contributed by atoms with Gasteiger partial charge in [0, 0.05) is 12.6 Å². The Morgan fingerprint density at radius 2 is 2.36 bits per heavy atom. The second-order valence-corrected chi connectivity index (χ2v) is 3.30. The summed E-state index contributed by atoms with van der Waals surface area (Å²) in [6.45, 7) is 6.51. The van der Waals surface area contributed by atoms with E-state index in [0.717, 1.165) is 0 Å². The lowest BCUT2D eigenvalue weighted by Crippen LogP contribution is -2.23. The number of carbonyl (C=O) groups excluding carboxylic acids is 1. The predicted octanol–water partition coefficient (Wildman–Crippen LogP) is 0.980. The first kappa shape index (κ1) is 10.6. The highest BCUT2D eigenvalue weighted by atomic mass is 16.1. The topological polar surface area (TPSA) is 69.8 Å².